The Morgan fingerprint density at radius 1 is 1.07 bits per heavy atom. The van der Waals surface area contributed by atoms with E-state index in [1.165, 1.54) is 42.5 Å². The fourth-order valence-corrected chi connectivity index (χ4v) is 3.10. The number of carboxylic acids is 1. The van der Waals surface area contributed by atoms with Crippen molar-refractivity contribution in [3.63, 3.8) is 0 Å². The number of aliphatic hydroxyl groups is 1. The number of amides is 1. The average molecular weight is 390 g/mol. The Labute approximate surface area is 158 Å². The molecule has 0 bridgehead atoms. The summed E-state index contributed by atoms with van der Waals surface area (Å²) in [5, 5.41) is 20.1. The average Bonchev–Trinajstić information content (AvgIpc) is 2.86. The molecule has 0 aromatic heterocycles. The van der Waals surface area contributed by atoms with Gasteiger partial charge >= 0.3 is 5.97 Å². The number of ketones is 1. The summed E-state index contributed by atoms with van der Waals surface area (Å²) in [6.45, 7) is -0.818. The second kappa shape index (κ2) is 7.20. The summed E-state index contributed by atoms with van der Waals surface area (Å²) in [5.74, 6) is -4.85. The van der Waals surface area contributed by atoms with E-state index in [0.717, 1.165) is 11.0 Å². The lowest BCUT2D eigenvalue weighted by atomic mass is 9.95. The van der Waals surface area contributed by atoms with Crippen molar-refractivity contribution < 1.29 is 29.0 Å². The van der Waals surface area contributed by atoms with E-state index in [0.29, 0.717) is 5.02 Å². The van der Waals surface area contributed by atoms with E-state index in [4.69, 9.17) is 16.7 Å². The molecule has 0 radical (unpaired) electrons. The van der Waals surface area contributed by atoms with E-state index in [9.17, 15) is 23.9 Å². The molecule has 2 N–H and O–H groups in total. The summed E-state index contributed by atoms with van der Waals surface area (Å²) < 4.78 is 14.4. The number of aliphatic carboxylic acids is 1. The molecule has 0 saturated carbocycles. The molecule has 1 saturated heterocycles. The van der Waals surface area contributed by atoms with Crippen LogP contribution in [-0.4, -0.2) is 39.3 Å². The SMILES string of the molecule is O=C(O)CN1C(=O)C(=O)/C(=C(\O)c2ccc(Cl)cc2)C1c1ccccc1F. The standard InChI is InChI=1S/C19H13ClFNO5/c20-11-7-5-10(6-8-11)17(25)15-16(12-3-1-2-4-13(12)21)22(9-14(23)24)19(27)18(15)26/h1-8,16,25H,9H2,(H,23,24)/b17-15-. The molecule has 1 aliphatic rings. The van der Waals surface area contributed by atoms with Crippen LogP contribution < -0.4 is 0 Å². The number of Topliss-reactive ketones (excluding diaryl/α,β-unsaturated/α-hetero) is 1. The van der Waals surface area contributed by atoms with Gasteiger partial charge in [0, 0.05) is 16.1 Å². The number of benzene rings is 2. The molecule has 138 valence electrons. The van der Waals surface area contributed by atoms with Gasteiger partial charge in [-0.2, -0.15) is 0 Å². The third-order valence-electron chi connectivity index (χ3n) is 4.16. The van der Waals surface area contributed by atoms with E-state index < -0.39 is 41.8 Å². The lowest BCUT2D eigenvalue weighted by Gasteiger charge is -2.24. The number of carbonyl (C=O) groups is 3. The van der Waals surface area contributed by atoms with E-state index in [1.54, 1.807) is 0 Å². The molecule has 8 heteroatoms. The maximum absolute atomic E-state index is 14.4. The molecule has 3 rings (SSSR count). The van der Waals surface area contributed by atoms with Gasteiger partial charge in [0.25, 0.3) is 11.7 Å². The van der Waals surface area contributed by atoms with Crippen LogP contribution in [-0.2, 0) is 14.4 Å². The fraction of sp³-hybridized carbons (Fsp3) is 0.105. The van der Waals surface area contributed by atoms with Crippen molar-refractivity contribution in [1.82, 2.24) is 4.90 Å². The van der Waals surface area contributed by atoms with Crippen molar-refractivity contribution in [3.05, 3.63) is 76.1 Å². The maximum atomic E-state index is 14.4. The molecule has 1 fully saturated rings. The molecule has 1 unspecified atom stereocenters. The smallest absolute Gasteiger partial charge is 0.323 e. The number of carbonyl (C=O) groups excluding carboxylic acids is 2. The Balaban J connectivity index is 2.23. The van der Waals surface area contributed by atoms with E-state index in [-0.39, 0.29) is 16.7 Å². The van der Waals surface area contributed by atoms with Crippen molar-refractivity contribution in [2.45, 2.75) is 6.04 Å². The van der Waals surface area contributed by atoms with Gasteiger partial charge in [-0.3, -0.25) is 14.4 Å². The number of hydrogen-bond acceptors (Lipinski definition) is 4. The van der Waals surface area contributed by atoms with Crippen molar-refractivity contribution >= 4 is 35.0 Å². The third kappa shape index (κ3) is 3.41. The van der Waals surface area contributed by atoms with Crippen LogP contribution in [0.5, 0.6) is 0 Å². The quantitative estimate of drug-likeness (QED) is 0.476. The Bertz CT molecular complexity index is 970. The van der Waals surface area contributed by atoms with Crippen LogP contribution in [0.15, 0.2) is 54.1 Å². The number of nitrogens with zero attached hydrogens (tertiary/aromatic N) is 1. The van der Waals surface area contributed by atoms with Crippen molar-refractivity contribution in [3.8, 4) is 0 Å². The zero-order chi connectivity index (χ0) is 19.7. The normalized spacial score (nSPS) is 18.7. The molecular formula is C19H13ClFNO5. The Morgan fingerprint density at radius 3 is 2.30 bits per heavy atom. The van der Waals surface area contributed by atoms with Crippen LogP contribution >= 0.6 is 11.6 Å². The van der Waals surface area contributed by atoms with Gasteiger partial charge in [0.1, 0.15) is 18.1 Å². The minimum Gasteiger partial charge on any atom is -0.507 e. The predicted molar refractivity (Wildman–Crippen MR) is 94.5 cm³/mol. The predicted octanol–water partition coefficient (Wildman–Crippen LogP) is 2.99. The van der Waals surface area contributed by atoms with Gasteiger partial charge < -0.3 is 15.1 Å². The summed E-state index contributed by atoms with van der Waals surface area (Å²) in [6.07, 6.45) is 0. The molecule has 2 aromatic rings. The van der Waals surface area contributed by atoms with Gasteiger partial charge in [-0.1, -0.05) is 29.8 Å². The third-order valence-corrected chi connectivity index (χ3v) is 4.42. The van der Waals surface area contributed by atoms with Crippen molar-refractivity contribution in [2.75, 3.05) is 6.54 Å². The Morgan fingerprint density at radius 2 is 1.70 bits per heavy atom. The molecule has 27 heavy (non-hydrogen) atoms. The van der Waals surface area contributed by atoms with E-state index in [2.05, 4.69) is 0 Å². The summed E-state index contributed by atoms with van der Waals surface area (Å²) in [7, 11) is 0. The molecule has 1 atom stereocenters. The van der Waals surface area contributed by atoms with Crippen molar-refractivity contribution in [2.24, 2.45) is 0 Å². The number of halogens is 2. The van der Waals surface area contributed by atoms with Gasteiger partial charge in [-0.05, 0) is 30.3 Å². The summed E-state index contributed by atoms with van der Waals surface area (Å²) in [6, 6.07) is 9.81. The minimum absolute atomic E-state index is 0.0894. The molecule has 1 aliphatic heterocycles. The first kappa shape index (κ1) is 18.6. The zero-order valence-corrected chi connectivity index (χ0v) is 14.5. The molecule has 2 aromatic carbocycles. The fourth-order valence-electron chi connectivity index (χ4n) is 2.97. The van der Waals surface area contributed by atoms with Gasteiger partial charge in [0.2, 0.25) is 0 Å². The highest BCUT2D eigenvalue weighted by Crippen LogP contribution is 2.40. The lowest BCUT2D eigenvalue weighted by molar-refractivity contribution is -0.146. The number of aliphatic hydroxyl groups excluding tert-OH is 1. The van der Waals surface area contributed by atoms with Crippen LogP contribution in [0.4, 0.5) is 4.39 Å². The molecule has 0 aliphatic carbocycles. The van der Waals surface area contributed by atoms with Crippen LogP contribution in [0.3, 0.4) is 0 Å². The largest absolute Gasteiger partial charge is 0.507 e. The second-order valence-electron chi connectivity index (χ2n) is 5.85. The van der Waals surface area contributed by atoms with Gasteiger partial charge in [0.15, 0.2) is 0 Å². The first-order valence-corrected chi connectivity index (χ1v) is 8.19. The topological polar surface area (TPSA) is 94.9 Å². The van der Waals surface area contributed by atoms with Crippen LogP contribution in [0.25, 0.3) is 5.76 Å². The highest BCUT2D eigenvalue weighted by Gasteiger charge is 2.47. The second-order valence-corrected chi connectivity index (χ2v) is 6.29. The lowest BCUT2D eigenvalue weighted by Crippen LogP contribution is -2.34. The van der Waals surface area contributed by atoms with Crippen molar-refractivity contribution in [1.29, 1.82) is 0 Å². The van der Waals surface area contributed by atoms with Crippen LogP contribution in [0.2, 0.25) is 5.02 Å². The number of hydrogen-bond donors (Lipinski definition) is 2. The highest BCUT2D eigenvalue weighted by molar-refractivity contribution is 6.46. The first-order valence-electron chi connectivity index (χ1n) is 7.82. The molecule has 1 amide bonds. The summed E-state index contributed by atoms with van der Waals surface area (Å²) in [4.78, 5) is 36.8. The molecule has 1 heterocycles. The zero-order valence-electron chi connectivity index (χ0n) is 13.7. The molecule has 0 spiro atoms. The monoisotopic (exact) mass is 389 g/mol. The molecular weight excluding hydrogens is 377 g/mol. The van der Waals surface area contributed by atoms with Gasteiger partial charge in [-0.25, -0.2) is 4.39 Å². The number of carboxylic acid groups (broad SMARTS) is 1. The first-order chi connectivity index (χ1) is 12.8. The Kier molecular flexibility index (Phi) is 4.96. The van der Waals surface area contributed by atoms with Crippen LogP contribution in [0, 0.1) is 5.82 Å². The Hall–Kier alpha value is -3.19. The number of rotatable bonds is 4. The van der Waals surface area contributed by atoms with E-state index in [1.807, 2.05) is 0 Å². The summed E-state index contributed by atoms with van der Waals surface area (Å²) >= 11 is 5.81. The number of likely N-dealkylation sites (tertiary alicyclic amines) is 1. The highest BCUT2D eigenvalue weighted by atomic mass is 35.5. The maximum Gasteiger partial charge on any atom is 0.323 e. The minimum atomic E-state index is -1.37. The van der Waals surface area contributed by atoms with Gasteiger partial charge in [0.05, 0.1) is 11.6 Å². The summed E-state index contributed by atoms with van der Waals surface area (Å²) in [5.41, 5.74) is -0.281. The van der Waals surface area contributed by atoms with Gasteiger partial charge in [-0.15, -0.1) is 0 Å². The molecule has 6 nitrogen and oxygen atoms in total. The van der Waals surface area contributed by atoms with E-state index >= 15 is 0 Å². The van der Waals surface area contributed by atoms with Crippen LogP contribution in [0.1, 0.15) is 17.2 Å².